The largest absolute Gasteiger partial charge is 0.412 e. The lowest BCUT2D eigenvalue weighted by Crippen LogP contribution is -2.57. The number of carbonyl (C=O) groups excluding carboxylic acids is 4. The van der Waals surface area contributed by atoms with E-state index in [1.165, 1.54) is 0 Å². The summed E-state index contributed by atoms with van der Waals surface area (Å²) in [5.74, 6) is 0.0986. The SMILES string of the molecule is CC(=O)NC1(c2ccccc2)CCN(CCC2C(c3ccc(Cl)c(Cl)c3)N(C)CCN2C(=O)c2ccccc2)CC1.CC(=O)NC1(c2ccccc2)CCN(CCC2C(c3ccc(Cl)c(Cl)c3)N(C)CCN2C(=O)c2ccccc2)CC1.Cl.Cl.Cl.Cl.O. The fourth-order valence-electron chi connectivity index (χ4n) is 13.1. The van der Waals surface area contributed by atoms with E-state index in [4.69, 9.17) is 46.4 Å². The van der Waals surface area contributed by atoms with Crippen molar-refractivity contribution in [3.8, 4) is 0 Å². The summed E-state index contributed by atoms with van der Waals surface area (Å²) >= 11 is 25.5. The number of likely N-dealkylation sites (N-methyl/N-ethyl adjacent to an activating group) is 2. The topological polar surface area (TPSA) is 143 Å². The summed E-state index contributed by atoms with van der Waals surface area (Å²) in [5.41, 5.74) is 5.13. The first-order chi connectivity index (χ1) is 39.5. The van der Waals surface area contributed by atoms with Crippen molar-refractivity contribution >= 4 is 120 Å². The van der Waals surface area contributed by atoms with Gasteiger partial charge in [0.1, 0.15) is 0 Å². The summed E-state index contributed by atoms with van der Waals surface area (Å²) in [6.45, 7) is 11.2. The van der Waals surface area contributed by atoms with Crippen LogP contribution < -0.4 is 10.6 Å². The number of nitrogens with zero attached hydrogens (tertiary/aromatic N) is 6. The monoisotopic (exact) mass is 1350 g/mol. The third-order valence-corrected chi connectivity index (χ3v) is 18.9. The Balaban J connectivity index is 0.000000352. The molecule has 472 valence electrons. The summed E-state index contributed by atoms with van der Waals surface area (Å²) in [5, 5.41) is 8.64. The molecule has 0 saturated carbocycles. The van der Waals surface area contributed by atoms with Gasteiger partial charge in [0.2, 0.25) is 11.8 Å². The first-order valence-electron chi connectivity index (χ1n) is 28.7. The van der Waals surface area contributed by atoms with Gasteiger partial charge in [0, 0.05) is 90.4 Å². The average molecular weight is 1350 g/mol. The maximum absolute atomic E-state index is 13.8. The van der Waals surface area contributed by atoms with Crippen LogP contribution in [0.15, 0.2) is 158 Å². The second-order valence-corrected chi connectivity index (χ2v) is 24.2. The Morgan fingerprint density at radius 1 is 0.437 bits per heavy atom. The minimum absolute atomic E-state index is 0. The van der Waals surface area contributed by atoms with Crippen LogP contribution >= 0.6 is 96.0 Å². The number of hydrogen-bond donors (Lipinski definition) is 2. The highest BCUT2D eigenvalue weighted by Gasteiger charge is 2.43. The van der Waals surface area contributed by atoms with Gasteiger partial charge in [0.05, 0.1) is 55.3 Å². The van der Waals surface area contributed by atoms with E-state index in [1.54, 1.807) is 13.8 Å². The molecule has 0 spiro atoms. The van der Waals surface area contributed by atoms with E-state index in [9.17, 15) is 19.2 Å². The number of piperidine rings is 2. The second-order valence-electron chi connectivity index (χ2n) is 22.6. The molecule has 4 saturated heterocycles. The summed E-state index contributed by atoms with van der Waals surface area (Å²) < 4.78 is 0. The molecule has 4 atom stereocenters. The zero-order valence-electron chi connectivity index (χ0n) is 49.6. The molecule has 0 radical (unpaired) electrons. The molecule has 21 heteroatoms. The van der Waals surface area contributed by atoms with Crippen molar-refractivity contribution < 1.29 is 24.7 Å². The van der Waals surface area contributed by atoms with Crippen LogP contribution in [0.3, 0.4) is 0 Å². The van der Waals surface area contributed by atoms with Crippen LogP contribution in [0.25, 0.3) is 0 Å². The Morgan fingerprint density at radius 2 is 0.747 bits per heavy atom. The van der Waals surface area contributed by atoms with Gasteiger partial charge in [0.15, 0.2) is 0 Å². The van der Waals surface area contributed by atoms with Crippen LogP contribution in [-0.2, 0) is 20.7 Å². The van der Waals surface area contributed by atoms with E-state index in [0.29, 0.717) is 44.3 Å². The molecule has 13 nitrogen and oxygen atoms in total. The van der Waals surface area contributed by atoms with Gasteiger partial charge in [-0.05, 0) is 123 Å². The van der Waals surface area contributed by atoms with E-state index < -0.39 is 0 Å². The van der Waals surface area contributed by atoms with Crippen LogP contribution in [-0.4, -0.2) is 150 Å². The van der Waals surface area contributed by atoms with Crippen LogP contribution in [0, 0.1) is 0 Å². The number of rotatable bonds is 14. The summed E-state index contributed by atoms with van der Waals surface area (Å²) in [6.07, 6.45) is 4.97. The number of likely N-dealkylation sites (tertiary alicyclic amines) is 2. The first-order valence-corrected chi connectivity index (χ1v) is 30.2. The molecular weight excluding hydrogens is 1270 g/mol. The fourth-order valence-corrected chi connectivity index (χ4v) is 13.8. The van der Waals surface area contributed by atoms with Crippen molar-refractivity contribution in [3.05, 3.63) is 211 Å². The maximum atomic E-state index is 13.8. The Morgan fingerprint density at radius 3 is 1.05 bits per heavy atom. The minimum atomic E-state index is -0.355. The van der Waals surface area contributed by atoms with E-state index in [1.807, 2.05) is 133 Å². The maximum Gasteiger partial charge on any atom is 0.254 e. The Labute approximate surface area is 558 Å². The zero-order valence-corrected chi connectivity index (χ0v) is 55.9. The smallest absolute Gasteiger partial charge is 0.254 e. The number of halogens is 8. The summed E-state index contributed by atoms with van der Waals surface area (Å²) in [7, 11) is 4.24. The molecule has 0 aromatic heterocycles. The predicted octanol–water partition coefficient (Wildman–Crippen LogP) is 12.9. The third kappa shape index (κ3) is 18.3. The lowest BCUT2D eigenvalue weighted by atomic mass is 9.80. The van der Waals surface area contributed by atoms with Gasteiger partial charge < -0.3 is 35.7 Å². The fraction of sp³-hybridized carbons (Fsp3) is 0.394. The van der Waals surface area contributed by atoms with Crippen LogP contribution in [0.1, 0.15) is 107 Å². The molecule has 4 aliphatic heterocycles. The van der Waals surface area contributed by atoms with Gasteiger partial charge in [-0.15, -0.1) is 49.6 Å². The molecule has 4 heterocycles. The van der Waals surface area contributed by atoms with Gasteiger partial charge in [-0.2, -0.15) is 0 Å². The van der Waals surface area contributed by atoms with E-state index in [0.717, 1.165) is 113 Å². The highest BCUT2D eigenvalue weighted by Crippen LogP contribution is 2.40. The Kier molecular flexibility index (Phi) is 29.7. The lowest BCUT2D eigenvalue weighted by molar-refractivity contribution is -0.122. The van der Waals surface area contributed by atoms with Gasteiger partial charge in [-0.1, -0.05) is 156 Å². The van der Waals surface area contributed by atoms with Crippen LogP contribution in [0.2, 0.25) is 20.1 Å². The van der Waals surface area contributed by atoms with Crippen molar-refractivity contribution in [3.63, 3.8) is 0 Å². The van der Waals surface area contributed by atoms with E-state index >= 15 is 0 Å². The number of hydrogen-bond acceptors (Lipinski definition) is 8. The summed E-state index contributed by atoms with van der Waals surface area (Å²) in [6, 6.07) is 51.2. The molecule has 87 heavy (non-hydrogen) atoms. The van der Waals surface area contributed by atoms with Crippen molar-refractivity contribution in [2.24, 2.45) is 0 Å². The molecular formula is C66H82Cl8N8O5. The number of carbonyl (C=O) groups is 4. The van der Waals surface area contributed by atoms with Gasteiger partial charge in [-0.25, -0.2) is 0 Å². The highest BCUT2D eigenvalue weighted by molar-refractivity contribution is 6.42. The predicted molar refractivity (Wildman–Crippen MR) is 363 cm³/mol. The molecule has 0 aliphatic carbocycles. The average Bonchev–Trinajstić information content (AvgIpc) is 3.05. The van der Waals surface area contributed by atoms with Crippen LogP contribution in [0.4, 0.5) is 0 Å². The van der Waals surface area contributed by atoms with Gasteiger partial charge in [0.25, 0.3) is 11.8 Å². The minimum Gasteiger partial charge on any atom is -0.412 e. The van der Waals surface area contributed by atoms with Crippen molar-refractivity contribution in [2.45, 2.75) is 87.6 Å². The van der Waals surface area contributed by atoms with Crippen molar-refractivity contribution in [2.75, 3.05) is 79.5 Å². The van der Waals surface area contributed by atoms with E-state index in [2.05, 4.69) is 78.4 Å². The normalized spacial score (nSPS) is 20.2. The van der Waals surface area contributed by atoms with Crippen molar-refractivity contribution in [1.82, 2.24) is 40.0 Å². The molecule has 6 aromatic carbocycles. The number of amides is 4. The Hall–Kier alpha value is -4.68. The zero-order chi connectivity index (χ0) is 58.0. The van der Waals surface area contributed by atoms with Crippen LogP contribution in [0.5, 0.6) is 0 Å². The standard InChI is InChI=1S/2C33H38Cl2N4O2.4ClH.H2O/c2*1-24(40)36-33(27-11-7-4-8-12-27)16-19-38(20-17-33)18-15-30-31(26-13-14-28(34)29(35)23-26)37(2)21-22-39(30)32(41)25-9-5-3-6-10-25;;;;;/h2*3-14,23,30-31H,15-22H2,1-2H3,(H,36,40);4*1H;1H2. The molecule has 6 aromatic rings. The quantitative estimate of drug-likeness (QED) is 0.110. The second kappa shape index (κ2) is 34.5. The molecule has 4 aliphatic rings. The van der Waals surface area contributed by atoms with Gasteiger partial charge in [-0.3, -0.25) is 29.0 Å². The number of benzene rings is 6. The first kappa shape index (κ1) is 74.8. The van der Waals surface area contributed by atoms with Gasteiger partial charge >= 0.3 is 0 Å². The molecule has 0 bridgehead atoms. The third-order valence-electron chi connectivity index (χ3n) is 17.4. The molecule has 4 fully saturated rings. The van der Waals surface area contributed by atoms with E-state index in [-0.39, 0.29) is 114 Å². The summed E-state index contributed by atoms with van der Waals surface area (Å²) in [4.78, 5) is 65.7. The molecule has 4 N–H and O–H groups in total. The number of piperazine rings is 2. The molecule has 4 unspecified atom stereocenters. The number of nitrogens with one attached hydrogen (secondary N) is 2. The molecule has 10 rings (SSSR count). The molecule has 4 amide bonds. The van der Waals surface area contributed by atoms with Crippen molar-refractivity contribution in [1.29, 1.82) is 0 Å². The Bertz CT molecular complexity index is 2920. The lowest BCUT2D eigenvalue weighted by Gasteiger charge is -2.48. The highest BCUT2D eigenvalue weighted by atomic mass is 35.5.